The minimum atomic E-state index is -0.449. The number of carbonyl (C=O) groups excluding carboxylic acids is 1. The number of aromatic nitrogens is 3. The molecule has 8 heteroatoms. The maximum absolute atomic E-state index is 10.7. The summed E-state index contributed by atoms with van der Waals surface area (Å²) in [5, 5.41) is 12.3. The standard InChI is InChI=1S/C13H15Cl2N5O/c14-10-1-2-12(15)9(5-10)3-4-17-6-11-7-20(19-18-11)8-13(16)21/h1-2,5,7,17H,3-4,6,8H2,(H2,16,21). The first-order valence-corrected chi connectivity index (χ1v) is 7.12. The zero-order chi connectivity index (χ0) is 15.2. The highest BCUT2D eigenvalue weighted by Crippen LogP contribution is 2.20. The molecule has 1 heterocycles. The fourth-order valence-electron chi connectivity index (χ4n) is 1.83. The number of hydrogen-bond acceptors (Lipinski definition) is 4. The van der Waals surface area contributed by atoms with Crippen molar-refractivity contribution in [2.45, 2.75) is 19.5 Å². The Kier molecular flexibility index (Phi) is 5.55. The van der Waals surface area contributed by atoms with E-state index in [9.17, 15) is 4.79 Å². The predicted molar refractivity (Wildman–Crippen MR) is 81.1 cm³/mol. The molecule has 6 nitrogen and oxygen atoms in total. The van der Waals surface area contributed by atoms with Crippen molar-refractivity contribution in [1.82, 2.24) is 20.3 Å². The molecule has 21 heavy (non-hydrogen) atoms. The molecule has 3 N–H and O–H groups in total. The summed E-state index contributed by atoms with van der Waals surface area (Å²) in [5.41, 5.74) is 6.82. The molecular weight excluding hydrogens is 313 g/mol. The van der Waals surface area contributed by atoms with Crippen LogP contribution in [0.15, 0.2) is 24.4 Å². The van der Waals surface area contributed by atoms with E-state index in [4.69, 9.17) is 28.9 Å². The molecule has 0 saturated carbocycles. The van der Waals surface area contributed by atoms with Crippen LogP contribution in [0.1, 0.15) is 11.3 Å². The fraction of sp³-hybridized carbons (Fsp3) is 0.308. The number of halogens is 2. The quantitative estimate of drug-likeness (QED) is 0.753. The summed E-state index contributed by atoms with van der Waals surface area (Å²) < 4.78 is 1.41. The Bertz CT molecular complexity index is 629. The minimum absolute atomic E-state index is 0.0329. The Labute approximate surface area is 132 Å². The van der Waals surface area contributed by atoms with Gasteiger partial charge in [0.25, 0.3) is 0 Å². The Hall–Kier alpha value is -1.63. The molecule has 2 aromatic rings. The SMILES string of the molecule is NC(=O)Cn1cc(CNCCc2cc(Cl)ccc2Cl)nn1. The van der Waals surface area contributed by atoms with Gasteiger partial charge in [0.2, 0.25) is 5.91 Å². The van der Waals surface area contributed by atoms with Crippen LogP contribution in [0.3, 0.4) is 0 Å². The molecule has 0 aliphatic rings. The van der Waals surface area contributed by atoms with Crippen LogP contribution in [0.5, 0.6) is 0 Å². The summed E-state index contributed by atoms with van der Waals surface area (Å²) in [6.45, 7) is 1.31. The summed E-state index contributed by atoms with van der Waals surface area (Å²) in [5.74, 6) is -0.449. The highest BCUT2D eigenvalue weighted by atomic mass is 35.5. The van der Waals surface area contributed by atoms with Gasteiger partial charge in [-0.25, -0.2) is 4.68 Å². The van der Waals surface area contributed by atoms with Crippen LogP contribution < -0.4 is 11.1 Å². The summed E-state index contributed by atoms with van der Waals surface area (Å²) in [4.78, 5) is 10.7. The first-order chi connectivity index (χ1) is 10.0. The third-order valence-electron chi connectivity index (χ3n) is 2.79. The summed E-state index contributed by atoms with van der Waals surface area (Å²) in [6, 6.07) is 5.40. The second-order valence-electron chi connectivity index (χ2n) is 4.54. The van der Waals surface area contributed by atoms with Gasteiger partial charge in [-0.05, 0) is 36.7 Å². The predicted octanol–water partition coefficient (Wildman–Crippen LogP) is 1.40. The minimum Gasteiger partial charge on any atom is -0.368 e. The number of nitrogens with two attached hydrogens (primary N) is 1. The number of carbonyl (C=O) groups is 1. The summed E-state index contributed by atoms with van der Waals surface area (Å²) >= 11 is 12.0. The Morgan fingerprint density at radius 2 is 2.19 bits per heavy atom. The van der Waals surface area contributed by atoms with Crippen molar-refractivity contribution in [3.05, 3.63) is 45.7 Å². The van der Waals surface area contributed by atoms with Crippen molar-refractivity contribution in [3.63, 3.8) is 0 Å². The van der Waals surface area contributed by atoms with Gasteiger partial charge in [0.1, 0.15) is 6.54 Å². The van der Waals surface area contributed by atoms with Crippen molar-refractivity contribution in [2.24, 2.45) is 5.73 Å². The normalized spacial score (nSPS) is 10.8. The third kappa shape index (κ3) is 5.00. The maximum atomic E-state index is 10.7. The van der Waals surface area contributed by atoms with Gasteiger partial charge in [-0.3, -0.25) is 4.79 Å². The monoisotopic (exact) mass is 327 g/mol. The zero-order valence-electron chi connectivity index (χ0n) is 11.2. The van der Waals surface area contributed by atoms with Crippen molar-refractivity contribution >= 4 is 29.1 Å². The van der Waals surface area contributed by atoms with E-state index < -0.39 is 5.91 Å². The number of rotatable bonds is 7. The fourth-order valence-corrected chi connectivity index (χ4v) is 2.24. The Morgan fingerprint density at radius 1 is 1.38 bits per heavy atom. The van der Waals surface area contributed by atoms with Gasteiger partial charge in [-0.2, -0.15) is 0 Å². The van der Waals surface area contributed by atoms with Gasteiger partial charge in [0.05, 0.1) is 11.9 Å². The van der Waals surface area contributed by atoms with E-state index in [1.54, 1.807) is 18.3 Å². The van der Waals surface area contributed by atoms with Crippen molar-refractivity contribution in [2.75, 3.05) is 6.54 Å². The molecule has 1 aromatic carbocycles. The lowest BCUT2D eigenvalue weighted by Crippen LogP contribution is -2.19. The molecule has 0 aliphatic carbocycles. The average molecular weight is 328 g/mol. The second-order valence-corrected chi connectivity index (χ2v) is 5.38. The maximum Gasteiger partial charge on any atom is 0.239 e. The second kappa shape index (κ2) is 7.40. The molecular formula is C13H15Cl2N5O. The first-order valence-electron chi connectivity index (χ1n) is 6.36. The van der Waals surface area contributed by atoms with E-state index in [0.29, 0.717) is 16.6 Å². The van der Waals surface area contributed by atoms with Crippen LogP contribution in [0.4, 0.5) is 0 Å². The molecule has 0 fully saturated rings. The molecule has 1 aromatic heterocycles. The Balaban J connectivity index is 1.78. The molecule has 0 spiro atoms. The van der Waals surface area contributed by atoms with Gasteiger partial charge in [0.15, 0.2) is 0 Å². The van der Waals surface area contributed by atoms with Crippen molar-refractivity contribution < 1.29 is 4.79 Å². The van der Waals surface area contributed by atoms with Crippen LogP contribution in [0.25, 0.3) is 0 Å². The zero-order valence-corrected chi connectivity index (χ0v) is 12.7. The van der Waals surface area contributed by atoms with Crippen LogP contribution in [0, 0.1) is 0 Å². The Morgan fingerprint density at radius 3 is 2.95 bits per heavy atom. The number of primary amides is 1. The van der Waals surface area contributed by atoms with Gasteiger partial charge in [-0.15, -0.1) is 5.10 Å². The number of amides is 1. The van der Waals surface area contributed by atoms with E-state index in [-0.39, 0.29) is 6.54 Å². The number of benzene rings is 1. The third-order valence-corrected chi connectivity index (χ3v) is 3.39. The number of hydrogen-bond donors (Lipinski definition) is 2. The number of nitrogens with one attached hydrogen (secondary N) is 1. The van der Waals surface area contributed by atoms with Crippen LogP contribution >= 0.6 is 23.2 Å². The summed E-state index contributed by atoms with van der Waals surface area (Å²) in [7, 11) is 0. The topological polar surface area (TPSA) is 85.8 Å². The van der Waals surface area contributed by atoms with Gasteiger partial charge < -0.3 is 11.1 Å². The smallest absolute Gasteiger partial charge is 0.239 e. The molecule has 112 valence electrons. The van der Waals surface area contributed by atoms with Gasteiger partial charge >= 0.3 is 0 Å². The van der Waals surface area contributed by atoms with E-state index in [1.807, 2.05) is 6.07 Å². The lowest BCUT2D eigenvalue weighted by atomic mass is 10.1. The highest BCUT2D eigenvalue weighted by Gasteiger charge is 2.04. The van der Waals surface area contributed by atoms with E-state index >= 15 is 0 Å². The highest BCUT2D eigenvalue weighted by molar-refractivity contribution is 6.33. The van der Waals surface area contributed by atoms with Crippen LogP contribution in [-0.4, -0.2) is 27.4 Å². The number of nitrogens with zero attached hydrogens (tertiary/aromatic N) is 3. The molecule has 0 bridgehead atoms. The molecule has 1 amide bonds. The first kappa shape index (κ1) is 15.8. The largest absolute Gasteiger partial charge is 0.368 e. The molecule has 0 saturated heterocycles. The van der Waals surface area contributed by atoms with Crippen LogP contribution in [0.2, 0.25) is 10.0 Å². The molecule has 0 unspecified atom stereocenters. The molecule has 0 radical (unpaired) electrons. The lowest BCUT2D eigenvalue weighted by molar-refractivity contribution is -0.118. The van der Waals surface area contributed by atoms with Crippen LogP contribution in [-0.2, 0) is 24.3 Å². The molecule has 0 atom stereocenters. The molecule has 2 rings (SSSR count). The lowest BCUT2D eigenvalue weighted by Gasteiger charge is -2.05. The van der Waals surface area contributed by atoms with E-state index in [2.05, 4.69) is 15.6 Å². The van der Waals surface area contributed by atoms with Crippen molar-refractivity contribution in [3.8, 4) is 0 Å². The van der Waals surface area contributed by atoms with E-state index in [1.165, 1.54) is 4.68 Å². The van der Waals surface area contributed by atoms with Crippen molar-refractivity contribution in [1.29, 1.82) is 0 Å². The van der Waals surface area contributed by atoms with Gasteiger partial charge in [0, 0.05) is 16.6 Å². The summed E-state index contributed by atoms with van der Waals surface area (Å²) in [6.07, 6.45) is 2.44. The molecule has 0 aliphatic heterocycles. The average Bonchev–Trinajstić information content (AvgIpc) is 2.85. The van der Waals surface area contributed by atoms with Gasteiger partial charge in [-0.1, -0.05) is 28.4 Å². The van der Waals surface area contributed by atoms with E-state index in [0.717, 1.165) is 24.2 Å².